The molecule has 2 unspecified atom stereocenters. The normalized spacial score (nSPS) is 14.0. The molecule has 0 radical (unpaired) electrons. The Hall–Kier alpha value is -1.30. The molecule has 0 spiro atoms. The largest absolute Gasteiger partial charge is 0.333 e. The first-order valence-corrected chi connectivity index (χ1v) is 8.09. The molecule has 23 heavy (non-hydrogen) atoms. The number of hydrogen-bond donors (Lipinski definition) is 3. The molecule has 1 rings (SSSR count). The van der Waals surface area contributed by atoms with Gasteiger partial charge in [0, 0.05) is 21.6 Å². The number of amides is 3. The van der Waals surface area contributed by atoms with Crippen molar-refractivity contribution in [2.75, 3.05) is 0 Å². The minimum atomic E-state index is -0.567. The maximum atomic E-state index is 12.1. The molecule has 0 saturated carbocycles. The molecule has 0 bridgehead atoms. The van der Waals surface area contributed by atoms with Crippen LogP contribution >= 0.6 is 23.2 Å². The highest BCUT2D eigenvalue weighted by molar-refractivity contribution is 6.35. The van der Waals surface area contributed by atoms with Gasteiger partial charge in [0.25, 0.3) is 0 Å². The molecular formula is C16H23Cl2N3O2. The molecule has 0 aliphatic rings. The van der Waals surface area contributed by atoms with E-state index in [-0.39, 0.29) is 6.04 Å². The Labute approximate surface area is 147 Å². The third-order valence-corrected chi connectivity index (χ3v) is 3.61. The van der Waals surface area contributed by atoms with Crippen LogP contribution in [0.25, 0.3) is 0 Å². The van der Waals surface area contributed by atoms with E-state index in [2.05, 4.69) is 16.0 Å². The van der Waals surface area contributed by atoms with E-state index in [4.69, 9.17) is 23.2 Å². The van der Waals surface area contributed by atoms with Crippen molar-refractivity contribution in [1.29, 1.82) is 0 Å². The molecule has 128 valence electrons. The number of benzene rings is 1. The van der Waals surface area contributed by atoms with Gasteiger partial charge in [0.05, 0.1) is 6.04 Å². The van der Waals surface area contributed by atoms with E-state index in [1.165, 1.54) is 0 Å². The highest BCUT2D eigenvalue weighted by Crippen LogP contribution is 2.26. The van der Waals surface area contributed by atoms with Gasteiger partial charge in [-0.2, -0.15) is 0 Å². The summed E-state index contributed by atoms with van der Waals surface area (Å²) < 4.78 is 0. The minimum Gasteiger partial charge on any atom is -0.333 e. The van der Waals surface area contributed by atoms with E-state index in [1.807, 2.05) is 27.7 Å². The van der Waals surface area contributed by atoms with Gasteiger partial charge in [-0.1, -0.05) is 29.3 Å². The van der Waals surface area contributed by atoms with Crippen LogP contribution in [0.1, 0.15) is 46.2 Å². The highest BCUT2D eigenvalue weighted by Gasteiger charge is 2.21. The van der Waals surface area contributed by atoms with Crippen LogP contribution in [0.3, 0.4) is 0 Å². The second kappa shape index (κ2) is 7.99. The Morgan fingerprint density at radius 3 is 2.26 bits per heavy atom. The SMILES string of the molecule is CC(NC(C)c1ccc(Cl)cc1Cl)C(=O)NC(=O)NC(C)(C)C. The summed E-state index contributed by atoms with van der Waals surface area (Å²) in [5, 5.41) is 9.16. The van der Waals surface area contributed by atoms with E-state index in [0.29, 0.717) is 10.0 Å². The summed E-state index contributed by atoms with van der Waals surface area (Å²) in [5.74, 6) is -0.413. The molecule has 0 saturated heterocycles. The Morgan fingerprint density at radius 2 is 1.74 bits per heavy atom. The van der Waals surface area contributed by atoms with Crippen molar-refractivity contribution in [2.45, 2.75) is 52.2 Å². The lowest BCUT2D eigenvalue weighted by molar-refractivity contribution is -0.121. The summed E-state index contributed by atoms with van der Waals surface area (Å²) in [6.45, 7) is 9.07. The van der Waals surface area contributed by atoms with Crippen LogP contribution in [0.15, 0.2) is 18.2 Å². The van der Waals surface area contributed by atoms with Gasteiger partial charge in [-0.05, 0) is 52.3 Å². The van der Waals surface area contributed by atoms with Crippen molar-refractivity contribution in [2.24, 2.45) is 0 Å². The molecule has 0 aliphatic heterocycles. The fourth-order valence-corrected chi connectivity index (χ4v) is 2.56. The molecule has 0 aliphatic carbocycles. The maximum absolute atomic E-state index is 12.1. The molecule has 2 atom stereocenters. The average Bonchev–Trinajstić information content (AvgIpc) is 2.35. The number of carbonyl (C=O) groups is 2. The minimum absolute atomic E-state index is 0.175. The zero-order valence-corrected chi connectivity index (χ0v) is 15.5. The third kappa shape index (κ3) is 6.77. The van der Waals surface area contributed by atoms with Crippen molar-refractivity contribution in [3.8, 4) is 0 Å². The predicted molar refractivity (Wildman–Crippen MR) is 93.9 cm³/mol. The van der Waals surface area contributed by atoms with E-state index < -0.39 is 23.5 Å². The molecule has 7 heteroatoms. The second-order valence-electron chi connectivity index (χ2n) is 6.47. The predicted octanol–water partition coefficient (Wildman–Crippen LogP) is 3.66. The smallest absolute Gasteiger partial charge is 0.321 e. The van der Waals surface area contributed by atoms with Crippen molar-refractivity contribution in [3.05, 3.63) is 33.8 Å². The second-order valence-corrected chi connectivity index (χ2v) is 7.31. The lowest BCUT2D eigenvalue weighted by atomic mass is 10.1. The fraction of sp³-hybridized carbons (Fsp3) is 0.500. The number of rotatable bonds is 4. The quantitative estimate of drug-likeness (QED) is 0.768. The number of carbonyl (C=O) groups excluding carboxylic acids is 2. The van der Waals surface area contributed by atoms with Gasteiger partial charge in [-0.3, -0.25) is 15.4 Å². The Kier molecular flexibility index (Phi) is 6.86. The molecule has 5 nitrogen and oxygen atoms in total. The van der Waals surface area contributed by atoms with Gasteiger partial charge in [0.2, 0.25) is 5.91 Å². The molecule has 3 N–H and O–H groups in total. The lowest BCUT2D eigenvalue weighted by Gasteiger charge is -2.23. The summed E-state index contributed by atoms with van der Waals surface area (Å²) in [5.41, 5.74) is 0.417. The van der Waals surface area contributed by atoms with Gasteiger partial charge < -0.3 is 5.32 Å². The van der Waals surface area contributed by atoms with Crippen LogP contribution in [-0.4, -0.2) is 23.5 Å². The van der Waals surface area contributed by atoms with E-state index in [9.17, 15) is 9.59 Å². The first kappa shape index (κ1) is 19.7. The first-order chi connectivity index (χ1) is 10.5. The molecule has 0 fully saturated rings. The molecule has 1 aromatic rings. The van der Waals surface area contributed by atoms with Crippen LogP contribution in [0.4, 0.5) is 4.79 Å². The summed E-state index contributed by atoms with van der Waals surface area (Å²) in [6, 6.07) is 3.93. The topological polar surface area (TPSA) is 70.2 Å². The van der Waals surface area contributed by atoms with Gasteiger partial charge in [0.1, 0.15) is 0 Å². The van der Waals surface area contributed by atoms with Gasteiger partial charge in [0.15, 0.2) is 0 Å². The number of hydrogen-bond acceptors (Lipinski definition) is 3. The summed E-state index contributed by atoms with van der Waals surface area (Å²) in [4.78, 5) is 23.8. The molecule has 0 heterocycles. The third-order valence-electron chi connectivity index (χ3n) is 3.05. The monoisotopic (exact) mass is 359 g/mol. The number of imide groups is 1. The summed E-state index contributed by atoms with van der Waals surface area (Å²) >= 11 is 12.0. The van der Waals surface area contributed by atoms with Crippen molar-refractivity contribution in [3.63, 3.8) is 0 Å². The maximum Gasteiger partial charge on any atom is 0.321 e. The van der Waals surface area contributed by atoms with Crippen LogP contribution in [0, 0.1) is 0 Å². The number of nitrogens with one attached hydrogen (secondary N) is 3. The van der Waals surface area contributed by atoms with Gasteiger partial charge >= 0.3 is 6.03 Å². The zero-order valence-electron chi connectivity index (χ0n) is 14.0. The van der Waals surface area contributed by atoms with Crippen LogP contribution in [0.5, 0.6) is 0 Å². The zero-order chi connectivity index (χ0) is 17.8. The Balaban J connectivity index is 2.62. The van der Waals surface area contributed by atoms with Crippen molar-refractivity contribution in [1.82, 2.24) is 16.0 Å². The molecule has 0 aromatic heterocycles. The van der Waals surface area contributed by atoms with Gasteiger partial charge in [-0.15, -0.1) is 0 Å². The Morgan fingerprint density at radius 1 is 1.13 bits per heavy atom. The van der Waals surface area contributed by atoms with Crippen molar-refractivity contribution < 1.29 is 9.59 Å². The number of urea groups is 1. The first-order valence-electron chi connectivity index (χ1n) is 7.33. The van der Waals surface area contributed by atoms with E-state index >= 15 is 0 Å². The van der Waals surface area contributed by atoms with E-state index in [1.54, 1.807) is 25.1 Å². The van der Waals surface area contributed by atoms with Crippen LogP contribution in [0.2, 0.25) is 10.0 Å². The standard InChI is InChI=1S/C16H23Cl2N3O2/c1-9(12-7-6-11(17)8-13(12)18)19-10(2)14(22)20-15(23)21-16(3,4)5/h6-10,19H,1-5H3,(H2,20,21,22,23). The summed E-state index contributed by atoms with van der Waals surface area (Å²) in [6.07, 6.45) is 0. The van der Waals surface area contributed by atoms with Crippen molar-refractivity contribution >= 4 is 35.1 Å². The molecule has 1 aromatic carbocycles. The van der Waals surface area contributed by atoms with E-state index in [0.717, 1.165) is 5.56 Å². The highest BCUT2D eigenvalue weighted by atomic mass is 35.5. The molecular weight excluding hydrogens is 337 g/mol. The van der Waals surface area contributed by atoms with Crippen LogP contribution in [-0.2, 0) is 4.79 Å². The number of halogens is 2. The average molecular weight is 360 g/mol. The Bertz CT molecular complexity index is 585. The lowest BCUT2D eigenvalue weighted by Crippen LogP contribution is -2.52. The fourth-order valence-electron chi connectivity index (χ4n) is 1.99. The van der Waals surface area contributed by atoms with Crippen LogP contribution < -0.4 is 16.0 Å². The molecule has 3 amide bonds. The summed E-state index contributed by atoms with van der Waals surface area (Å²) in [7, 11) is 0. The van der Waals surface area contributed by atoms with Gasteiger partial charge in [-0.25, -0.2) is 4.79 Å².